The smallest absolute Gasteiger partial charge is 0.259 e. The zero-order valence-corrected chi connectivity index (χ0v) is 9.54. The highest BCUT2D eigenvalue weighted by Crippen LogP contribution is 2.26. The molecule has 2 rings (SSSR count). The molecule has 2 aromatic rings. The van der Waals surface area contributed by atoms with Gasteiger partial charge in [-0.3, -0.25) is 0 Å². The zero-order valence-electron chi connectivity index (χ0n) is 6.37. The lowest BCUT2D eigenvalue weighted by Gasteiger charge is -1.95. The molecule has 3 nitrogen and oxygen atoms in total. The molecule has 0 aliphatic rings. The van der Waals surface area contributed by atoms with E-state index in [2.05, 4.69) is 42.0 Å². The minimum Gasteiger partial charge on any atom is -0.333 e. The van der Waals surface area contributed by atoms with E-state index >= 15 is 0 Å². The van der Waals surface area contributed by atoms with Crippen LogP contribution in [0.1, 0.15) is 0 Å². The molecule has 0 saturated carbocycles. The second-order valence-electron chi connectivity index (χ2n) is 2.35. The van der Waals surface area contributed by atoms with Gasteiger partial charge < -0.3 is 4.52 Å². The maximum Gasteiger partial charge on any atom is 0.259 e. The first kappa shape index (κ1) is 8.90. The molecule has 1 heterocycles. The number of rotatable bonds is 1. The predicted octanol–water partition coefficient (Wildman–Crippen LogP) is 3.26. The van der Waals surface area contributed by atoms with Crippen LogP contribution in [0, 0.1) is 0 Å². The fraction of sp³-hybridized carbons (Fsp3) is 0. The number of aromatic nitrogens is 2. The molecule has 66 valence electrons. The molecular formula is C8H4Br2N2O. The Morgan fingerprint density at radius 2 is 1.92 bits per heavy atom. The molecule has 13 heavy (non-hydrogen) atoms. The maximum atomic E-state index is 4.99. The molecule has 1 aromatic heterocycles. The summed E-state index contributed by atoms with van der Waals surface area (Å²) in [6.45, 7) is 0. The van der Waals surface area contributed by atoms with Crippen LogP contribution in [-0.4, -0.2) is 10.1 Å². The van der Waals surface area contributed by atoms with E-state index in [4.69, 9.17) is 4.52 Å². The third-order valence-electron chi connectivity index (χ3n) is 1.51. The average Bonchev–Trinajstić information content (AvgIpc) is 2.53. The number of halogens is 2. The number of hydrogen-bond acceptors (Lipinski definition) is 3. The first-order chi connectivity index (χ1) is 6.27. The van der Waals surface area contributed by atoms with Gasteiger partial charge in [-0.05, 0) is 49.1 Å². The molecular weight excluding hydrogens is 300 g/mol. The van der Waals surface area contributed by atoms with Crippen LogP contribution >= 0.6 is 31.9 Å². The van der Waals surface area contributed by atoms with Crippen molar-refractivity contribution in [1.82, 2.24) is 10.1 Å². The van der Waals surface area contributed by atoms with Crippen LogP contribution in [0.4, 0.5) is 0 Å². The Balaban J connectivity index is 2.52. The summed E-state index contributed by atoms with van der Waals surface area (Å²) in [6.07, 6.45) is 0. The highest BCUT2D eigenvalue weighted by molar-refractivity contribution is 9.10. The molecule has 0 spiro atoms. The van der Waals surface area contributed by atoms with E-state index in [-0.39, 0.29) is 0 Å². The Hall–Kier alpha value is -0.680. The van der Waals surface area contributed by atoms with Crippen molar-refractivity contribution in [1.29, 1.82) is 0 Å². The molecule has 0 bridgehead atoms. The summed E-state index contributed by atoms with van der Waals surface area (Å²) in [6, 6.07) is 7.68. The lowest BCUT2D eigenvalue weighted by molar-refractivity contribution is 0.426. The Morgan fingerprint density at radius 1 is 1.15 bits per heavy atom. The molecule has 0 fully saturated rings. The van der Waals surface area contributed by atoms with E-state index in [9.17, 15) is 0 Å². The van der Waals surface area contributed by atoms with Gasteiger partial charge in [0.2, 0.25) is 4.73 Å². The van der Waals surface area contributed by atoms with Crippen molar-refractivity contribution in [3.05, 3.63) is 33.5 Å². The SMILES string of the molecule is Brc1noc(-c2ccccc2Br)n1. The number of hydrogen-bond donors (Lipinski definition) is 0. The van der Waals surface area contributed by atoms with E-state index in [1.807, 2.05) is 24.3 Å². The van der Waals surface area contributed by atoms with Crippen LogP contribution in [0.2, 0.25) is 0 Å². The second kappa shape index (κ2) is 3.59. The van der Waals surface area contributed by atoms with Crippen LogP contribution < -0.4 is 0 Å². The van der Waals surface area contributed by atoms with E-state index in [1.165, 1.54) is 0 Å². The van der Waals surface area contributed by atoms with Gasteiger partial charge >= 0.3 is 0 Å². The Kier molecular flexibility index (Phi) is 2.46. The minimum atomic E-state index is 0.457. The lowest BCUT2D eigenvalue weighted by Crippen LogP contribution is -1.78. The van der Waals surface area contributed by atoms with Gasteiger partial charge in [-0.1, -0.05) is 12.1 Å². The summed E-state index contributed by atoms with van der Waals surface area (Å²) in [5, 5.41) is 3.64. The topological polar surface area (TPSA) is 38.9 Å². The van der Waals surface area contributed by atoms with Crippen LogP contribution in [0.3, 0.4) is 0 Å². The van der Waals surface area contributed by atoms with Gasteiger partial charge in [0.15, 0.2) is 0 Å². The number of benzene rings is 1. The van der Waals surface area contributed by atoms with Gasteiger partial charge in [0, 0.05) is 4.47 Å². The molecule has 0 N–H and O–H groups in total. The van der Waals surface area contributed by atoms with E-state index < -0.39 is 0 Å². The summed E-state index contributed by atoms with van der Waals surface area (Å²) in [7, 11) is 0. The molecule has 0 aliphatic carbocycles. The van der Waals surface area contributed by atoms with Gasteiger partial charge in [-0.15, -0.1) is 0 Å². The van der Waals surface area contributed by atoms with Gasteiger partial charge in [-0.25, -0.2) is 0 Å². The Bertz CT molecular complexity index is 428. The molecule has 5 heteroatoms. The Labute approximate surface area is 91.4 Å². The first-order valence-corrected chi connectivity index (χ1v) is 5.10. The summed E-state index contributed by atoms with van der Waals surface area (Å²) >= 11 is 6.52. The van der Waals surface area contributed by atoms with Crippen molar-refractivity contribution >= 4 is 31.9 Å². The normalized spacial score (nSPS) is 10.3. The van der Waals surface area contributed by atoms with Crippen molar-refractivity contribution in [2.75, 3.05) is 0 Å². The fourth-order valence-electron chi connectivity index (χ4n) is 0.950. The molecule has 1 aromatic carbocycles. The first-order valence-electron chi connectivity index (χ1n) is 3.51. The maximum absolute atomic E-state index is 4.99. The molecule has 0 aliphatic heterocycles. The summed E-state index contributed by atoms with van der Waals surface area (Å²) in [5.41, 5.74) is 0.890. The fourth-order valence-corrected chi connectivity index (χ4v) is 1.64. The van der Waals surface area contributed by atoms with Gasteiger partial charge in [-0.2, -0.15) is 4.98 Å². The van der Waals surface area contributed by atoms with Crippen molar-refractivity contribution in [2.45, 2.75) is 0 Å². The van der Waals surface area contributed by atoms with Crippen LogP contribution in [0.5, 0.6) is 0 Å². The molecule has 0 unspecified atom stereocenters. The van der Waals surface area contributed by atoms with Crippen LogP contribution in [0.25, 0.3) is 11.5 Å². The molecule has 0 radical (unpaired) electrons. The van der Waals surface area contributed by atoms with Crippen molar-refractivity contribution in [3.63, 3.8) is 0 Å². The molecule has 0 atom stereocenters. The van der Waals surface area contributed by atoms with Crippen molar-refractivity contribution in [2.24, 2.45) is 0 Å². The Morgan fingerprint density at radius 3 is 2.54 bits per heavy atom. The van der Waals surface area contributed by atoms with Gasteiger partial charge in [0.25, 0.3) is 5.89 Å². The third kappa shape index (κ3) is 1.81. The predicted molar refractivity (Wildman–Crippen MR) is 55.1 cm³/mol. The quantitative estimate of drug-likeness (QED) is 0.811. The minimum absolute atomic E-state index is 0.457. The summed E-state index contributed by atoms with van der Waals surface area (Å²) in [5.74, 6) is 0.499. The zero-order chi connectivity index (χ0) is 9.26. The third-order valence-corrected chi connectivity index (χ3v) is 2.52. The molecule has 0 amide bonds. The lowest BCUT2D eigenvalue weighted by atomic mass is 10.2. The van der Waals surface area contributed by atoms with E-state index in [0.29, 0.717) is 10.6 Å². The van der Waals surface area contributed by atoms with Gasteiger partial charge in [0.1, 0.15) is 0 Å². The highest BCUT2D eigenvalue weighted by atomic mass is 79.9. The summed E-state index contributed by atoms with van der Waals surface area (Å²) in [4.78, 5) is 4.05. The van der Waals surface area contributed by atoms with Crippen LogP contribution in [0.15, 0.2) is 38.0 Å². The summed E-state index contributed by atoms with van der Waals surface area (Å²) < 4.78 is 6.39. The average molecular weight is 304 g/mol. The largest absolute Gasteiger partial charge is 0.333 e. The van der Waals surface area contributed by atoms with Crippen molar-refractivity contribution < 1.29 is 4.52 Å². The highest BCUT2D eigenvalue weighted by Gasteiger charge is 2.09. The standard InChI is InChI=1S/C8H4Br2N2O/c9-6-4-2-1-3-5(6)7-11-8(10)12-13-7/h1-4H. The van der Waals surface area contributed by atoms with Gasteiger partial charge in [0.05, 0.1) is 5.56 Å². The monoisotopic (exact) mass is 302 g/mol. The number of nitrogens with zero attached hydrogens (tertiary/aromatic N) is 2. The van der Waals surface area contributed by atoms with Crippen molar-refractivity contribution in [3.8, 4) is 11.5 Å². The van der Waals surface area contributed by atoms with E-state index in [0.717, 1.165) is 10.0 Å². The van der Waals surface area contributed by atoms with E-state index in [1.54, 1.807) is 0 Å². The van der Waals surface area contributed by atoms with Crippen LogP contribution in [-0.2, 0) is 0 Å². The molecule has 0 saturated heterocycles. The second-order valence-corrected chi connectivity index (χ2v) is 3.91.